The monoisotopic (exact) mass is 530 g/mol. The summed E-state index contributed by atoms with van der Waals surface area (Å²) in [5.74, 6) is -2.01. The SMILES string of the molecule is CF.COCC(c1cccc(F)c1)n1c(C(=O)OC)c(C(=O)OC)[nH]c1=S.I. The van der Waals surface area contributed by atoms with E-state index in [-0.39, 0.29) is 46.7 Å². The maximum Gasteiger partial charge on any atom is 0.357 e. The van der Waals surface area contributed by atoms with E-state index in [1.165, 1.54) is 44.1 Å². The van der Waals surface area contributed by atoms with Crippen molar-refractivity contribution in [3.63, 3.8) is 0 Å². The zero-order valence-electron chi connectivity index (χ0n) is 15.7. The summed E-state index contributed by atoms with van der Waals surface area (Å²) >= 11 is 5.26. The summed E-state index contributed by atoms with van der Waals surface area (Å²) in [5, 5.41) is 0. The number of imidazole rings is 1. The number of alkyl halides is 1. The van der Waals surface area contributed by atoms with Crippen molar-refractivity contribution in [2.75, 3.05) is 35.1 Å². The molecule has 2 aromatic rings. The Bertz CT molecular complexity index is 856. The molecule has 2 rings (SSSR count). The number of hydrogen-bond donors (Lipinski definition) is 1. The van der Waals surface area contributed by atoms with E-state index in [4.69, 9.17) is 21.7 Å². The number of carbonyl (C=O) groups excluding carboxylic acids is 2. The van der Waals surface area contributed by atoms with Gasteiger partial charge in [-0.1, -0.05) is 12.1 Å². The Morgan fingerprint density at radius 2 is 1.79 bits per heavy atom. The van der Waals surface area contributed by atoms with E-state index in [9.17, 15) is 18.4 Å². The number of hydrogen-bond acceptors (Lipinski definition) is 6. The fourth-order valence-corrected chi connectivity index (χ4v) is 2.80. The lowest BCUT2D eigenvalue weighted by Crippen LogP contribution is -2.23. The molecule has 0 saturated carbocycles. The van der Waals surface area contributed by atoms with Crippen molar-refractivity contribution in [1.29, 1.82) is 0 Å². The van der Waals surface area contributed by atoms with Crippen LogP contribution in [0.2, 0.25) is 0 Å². The molecule has 1 N–H and O–H groups in total. The van der Waals surface area contributed by atoms with Crippen LogP contribution in [0, 0.1) is 10.6 Å². The molecule has 1 heterocycles. The molecular formula is C17H21F2IN2O5S. The Kier molecular flexibility index (Phi) is 11.7. The lowest BCUT2D eigenvalue weighted by Gasteiger charge is -2.20. The molecule has 0 saturated heterocycles. The number of aromatic amines is 1. The van der Waals surface area contributed by atoms with Gasteiger partial charge >= 0.3 is 11.9 Å². The predicted octanol–water partition coefficient (Wildman–Crippen LogP) is 3.70. The summed E-state index contributed by atoms with van der Waals surface area (Å²) in [5.41, 5.74) is 0.251. The summed E-state index contributed by atoms with van der Waals surface area (Å²) < 4.78 is 39.2. The highest BCUT2D eigenvalue weighted by atomic mass is 127. The lowest BCUT2D eigenvalue weighted by molar-refractivity contribution is 0.0540. The lowest BCUT2D eigenvalue weighted by atomic mass is 10.1. The number of aromatic nitrogens is 2. The number of rotatable bonds is 6. The molecule has 0 aliphatic rings. The highest BCUT2D eigenvalue weighted by Crippen LogP contribution is 2.25. The number of methoxy groups -OCH3 is 3. The molecule has 1 aromatic carbocycles. The summed E-state index contributed by atoms with van der Waals surface area (Å²) in [6.07, 6.45) is 0. The standard InChI is InChI=1S/C16H17FN2O5S.CH3F.HI/c1-22-8-11(9-5-4-6-10(17)7-9)19-13(15(21)24-3)12(14(20)23-2)18-16(19)25;1-2;/h4-7,11H,8H2,1-3H3,(H,18,25);1H3;1H. The van der Waals surface area contributed by atoms with Gasteiger partial charge in [-0.15, -0.1) is 24.0 Å². The summed E-state index contributed by atoms with van der Waals surface area (Å²) in [6, 6.07) is 5.14. The first-order valence-corrected chi connectivity index (χ1v) is 7.98. The second-order valence-corrected chi connectivity index (χ2v) is 5.42. The molecule has 0 amide bonds. The van der Waals surface area contributed by atoms with Crippen LogP contribution in [0.1, 0.15) is 32.6 Å². The minimum absolute atomic E-state index is 0. The van der Waals surface area contributed by atoms with E-state index in [1.54, 1.807) is 6.07 Å². The third-order valence-electron chi connectivity index (χ3n) is 3.57. The fraction of sp³-hybridized carbons (Fsp3) is 0.353. The van der Waals surface area contributed by atoms with E-state index in [0.29, 0.717) is 12.7 Å². The Morgan fingerprint density at radius 1 is 1.18 bits per heavy atom. The number of benzene rings is 1. The van der Waals surface area contributed by atoms with Crippen LogP contribution in [-0.2, 0) is 14.2 Å². The van der Waals surface area contributed by atoms with Crippen LogP contribution in [-0.4, -0.2) is 56.6 Å². The molecule has 1 aromatic heterocycles. The largest absolute Gasteiger partial charge is 0.464 e. The molecule has 0 radical (unpaired) electrons. The van der Waals surface area contributed by atoms with Crippen LogP contribution >= 0.6 is 36.2 Å². The smallest absolute Gasteiger partial charge is 0.357 e. The average molecular weight is 530 g/mol. The number of esters is 2. The van der Waals surface area contributed by atoms with Crippen LogP contribution in [0.15, 0.2) is 24.3 Å². The van der Waals surface area contributed by atoms with E-state index >= 15 is 0 Å². The second kappa shape index (κ2) is 12.6. The van der Waals surface area contributed by atoms with Gasteiger partial charge in [0.15, 0.2) is 16.2 Å². The zero-order valence-corrected chi connectivity index (χ0v) is 18.8. The summed E-state index contributed by atoms with van der Waals surface area (Å²) in [4.78, 5) is 26.9. The maximum atomic E-state index is 13.6. The molecule has 0 fully saturated rings. The van der Waals surface area contributed by atoms with Crippen molar-refractivity contribution in [3.05, 3.63) is 51.8 Å². The average Bonchev–Trinajstić information content (AvgIpc) is 3.03. The summed E-state index contributed by atoms with van der Waals surface area (Å²) in [7, 11) is 4.32. The normalized spacial score (nSPS) is 10.8. The quantitative estimate of drug-likeness (QED) is 0.349. The van der Waals surface area contributed by atoms with Crippen molar-refractivity contribution in [3.8, 4) is 0 Å². The van der Waals surface area contributed by atoms with E-state index in [0.717, 1.165) is 0 Å². The number of carbonyl (C=O) groups is 2. The molecule has 28 heavy (non-hydrogen) atoms. The van der Waals surface area contributed by atoms with Crippen LogP contribution in [0.5, 0.6) is 0 Å². The van der Waals surface area contributed by atoms with E-state index < -0.39 is 23.8 Å². The molecule has 7 nitrogen and oxygen atoms in total. The van der Waals surface area contributed by atoms with Gasteiger partial charge in [0.05, 0.1) is 34.0 Å². The number of ether oxygens (including phenoxy) is 3. The van der Waals surface area contributed by atoms with Gasteiger partial charge in [0.25, 0.3) is 0 Å². The van der Waals surface area contributed by atoms with Gasteiger partial charge in [-0.2, -0.15) is 0 Å². The Labute approximate surface area is 183 Å². The van der Waals surface area contributed by atoms with Gasteiger partial charge in [-0.25, -0.2) is 14.0 Å². The first-order chi connectivity index (χ1) is 12.9. The molecular weight excluding hydrogens is 509 g/mol. The van der Waals surface area contributed by atoms with Crippen molar-refractivity contribution in [2.24, 2.45) is 0 Å². The topological polar surface area (TPSA) is 82.6 Å². The van der Waals surface area contributed by atoms with Crippen LogP contribution in [0.25, 0.3) is 0 Å². The van der Waals surface area contributed by atoms with Crippen molar-refractivity contribution in [2.45, 2.75) is 6.04 Å². The van der Waals surface area contributed by atoms with Crippen molar-refractivity contribution >= 4 is 48.1 Å². The highest BCUT2D eigenvalue weighted by Gasteiger charge is 2.30. The predicted molar refractivity (Wildman–Crippen MR) is 111 cm³/mol. The Morgan fingerprint density at radius 3 is 2.29 bits per heavy atom. The van der Waals surface area contributed by atoms with Gasteiger partial charge in [0, 0.05) is 7.11 Å². The third-order valence-corrected chi connectivity index (χ3v) is 3.87. The van der Waals surface area contributed by atoms with Crippen LogP contribution in [0.4, 0.5) is 8.78 Å². The van der Waals surface area contributed by atoms with Gasteiger partial charge in [-0.05, 0) is 29.9 Å². The molecule has 156 valence electrons. The molecule has 11 heteroatoms. The number of nitrogens with zero attached hydrogens (tertiary/aromatic N) is 1. The Hall–Kier alpha value is -1.86. The van der Waals surface area contributed by atoms with Gasteiger partial charge in [0.2, 0.25) is 0 Å². The van der Waals surface area contributed by atoms with Crippen molar-refractivity contribution < 1.29 is 32.6 Å². The maximum absolute atomic E-state index is 13.6. The molecule has 0 aliphatic carbocycles. The second-order valence-electron chi connectivity index (χ2n) is 5.03. The van der Waals surface area contributed by atoms with Gasteiger partial charge in [-0.3, -0.25) is 4.39 Å². The number of nitrogens with one attached hydrogen (secondary N) is 1. The summed E-state index contributed by atoms with van der Waals surface area (Å²) in [6.45, 7) is 0.0836. The molecule has 0 spiro atoms. The minimum Gasteiger partial charge on any atom is -0.464 e. The first-order valence-electron chi connectivity index (χ1n) is 7.57. The van der Waals surface area contributed by atoms with Gasteiger partial charge in [0.1, 0.15) is 5.82 Å². The van der Waals surface area contributed by atoms with Crippen LogP contribution < -0.4 is 0 Å². The third kappa shape index (κ3) is 5.82. The van der Waals surface area contributed by atoms with E-state index in [1.807, 2.05) is 0 Å². The Balaban J connectivity index is 0.00000235. The zero-order chi connectivity index (χ0) is 20.6. The van der Waals surface area contributed by atoms with E-state index in [2.05, 4.69) is 9.72 Å². The molecule has 0 aliphatic heterocycles. The number of halogens is 3. The highest BCUT2D eigenvalue weighted by molar-refractivity contribution is 14.0. The molecule has 1 atom stereocenters. The molecule has 0 bridgehead atoms. The van der Waals surface area contributed by atoms with Crippen molar-refractivity contribution in [1.82, 2.24) is 9.55 Å². The minimum atomic E-state index is -0.787. The first kappa shape index (κ1) is 26.1. The fourth-order valence-electron chi connectivity index (χ4n) is 2.48. The van der Waals surface area contributed by atoms with Crippen LogP contribution in [0.3, 0.4) is 0 Å². The van der Waals surface area contributed by atoms with Gasteiger partial charge < -0.3 is 23.8 Å². The molecule has 1 unspecified atom stereocenters. The number of H-pyrrole nitrogens is 1.